The predicted molar refractivity (Wildman–Crippen MR) is 193 cm³/mol. The minimum atomic E-state index is -1.84. The van der Waals surface area contributed by atoms with Crippen molar-refractivity contribution in [2.75, 3.05) is 19.9 Å². The quantitative estimate of drug-likeness (QED) is 0.110. The van der Waals surface area contributed by atoms with Crippen LogP contribution in [0.4, 0.5) is 5.69 Å². The molecule has 8 rings (SSSR count). The fraction of sp³-hybridized carbons (Fsp3) is 0.385. The molecule has 8 N–H and O–H groups in total. The molecule has 0 radical (unpaired) electrons. The number of benzene rings is 3. The Bertz CT molecular complexity index is 2160. The van der Waals surface area contributed by atoms with Crippen molar-refractivity contribution >= 4 is 40.7 Å². The Hall–Kier alpha value is -5.20. The van der Waals surface area contributed by atoms with Gasteiger partial charge < -0.3 is 39.7 Å². The van der Waals surface area contributed by atoms with E-state index in [1.807, 2.05) is 0 Å². The summed E-state index contributed by atoms with van der Waals surface area (Å²) in [4.78, 5) is 50.2. The van der Waals surface area contributed by atoms with Crippen molar-refractivity contribution in [1.82, 2.24) is 5.32 Å². The number of quaternary nitrogens is 1. The van der Waals surface area contributed by atoms with E-state index in [2.05, 4.69) is 15.3 Å². The number of carbonyl (C=O) groups excluding carboxylic acids is 3. The lowest BCUT2D eigenvalue weighted by atomic mass is 9.76. The number of aliphatic hydroxyl groups is 5. The van der Waals surface area contributed by atoms with Crippen LogP contribution in [0.2, 0.25) is 0 Å². The second-order valence-electron chi connectivity index (χ2n) is 14.3. The van der Waals surface area contributed by atoms with E-state index in [0.717, 1.165) is 6.42 Å². The molecule has 1 unspecified atom stereocenters. The number of aliphatic imine (C=N–C) groups is 2. The number of carbonyl (C=O) groups is 3. The molecule has 1 amide bonds. The van der Waals surface area contributed by atoms with Crippen molar-refractivity contribution in [3.05, 3.63) is 88.0 Å². The number of ketones is 2. The van der Waals surface area contributed by atoms with Gasteiger partial charge in [0.2, 0.25) is 18.0 Å². The van der Waals surface area contributed by atoms with E-state index in [0.29, 0.717) is 29.0 Å². The second kappa shape index (κ2) is 14.5. The number of aliphatic hydroxyl groups excluding tert-OH is 4. The number of ether oxygens (including phenoxy) is 3. The lowest BCUT2D eigenvalue weighted by Crippen LogP contribution is -3.09. The van der Waals surface area contributed by atoms with Gasteiger partial charge in [-0.15, -0.1) is 0 Å². The third-order valence-corrected chi connectivity index (χ3v) is 10.9. The Morgan fingerprint density at radius 2 is 1.60 bits per heavy atom. The first kappa shape index (κ1) is 36.8. The molecule has 55 heavy (non-hydrogen) atoms. The minimum absolute atomic E-state index is 0.00545. The summed E-state index contributed by atoms with van der Waals surface area (Å²) in [7, 11) is 0. The summed E-state index contributed by atoms with van der Waals surface area (Å²) in [5.74, 6) is -1.98. The number of guanidine groups is 1. The van der Waals surface area contributed by atoms with Gasteiger partial charge in [-0.3, -0.25) is 25.1 Å². The largest absolute Gasteiger partial charge is 0.486 e. The Labute approximate surface area is 314 Å². The molecule has 0 bridgehead atoms. The van der Waals surface area contributed by atoms with Crippen molar-refractivity contribution < 1.29 is 59.0 Å². The first-order valence-electron chi connectivity index (χ1n) is 18.2. The van der Waals surface area contributed by atoms with Crippen LogP contribution in [0.1, 0.15) is 75.1 Å². The van der Waals surface area contributed by atoms with Crippen LogP contribution >= 0.6 is 0 Å². The summed E-state index contributed by atoms with van der Waals surface area (Å²) in [6.45, 7) is -0.704. The number of amidine groups is 1. The molecule has 3 heterocycles. The van der Waals surface area contributed by atoms with Gasteiger partial charge in [0.05, 0.1) is 17.8 Å². The highest BCUT2D eigenvalue weighted by Gasteiger charge is 2.54. The minimum Gasteiger partial charge on any atom is -0.486 e. The highest BCUT2D eigenvalue weighted by atomic mass is 16.7. The van der Waals surface area contributed by atoms with E-state index in [-0.39, 0.29) is 89.4 Å². The van der Waals surface area contributed by atoms with E-state index in [1.165, 1.54) is 12.1 Å². The van der Waals surface area contributed by atoms with Crippen molar-refractivity contribution in [3.63, 3.8) is 0 Å². The standard InChI is InChI=1S/C39H39N5O11/c40-38-42-35-26(36(51)43-38)41-18-44(35)24-11-5-2-8-19(24)16-20-17-23-25(28(47)22-10-4-3-9-21(22)27(23)46)33(53-15-14-45)32(20)54-37-31(50)29(48)30(49)34(55-37)39(52)12-6-1-7-13-39/h2-5,8-11,17,29-31,34,37,45,48-50,52H,1,6-7,12-16,18H2,(H2,40,43,51)/p+1/t29-,30-,31+,34-,37+/m1/s1. The second-order valence-corrected chi connectivity index (χ2v) is 14.3. The maximum atomic E-state index is 14.2. The smallest absolute Gasteiger partial charge is 0.284 e. The molecule has 3 aromatic carbocycles. The van der Waals surface area contributed by atoms with Crippen molar-refractivity contribution in [3.8, 4) is 11.5 Å². The summed E-state index contributed by atoms with van der Waals surface area (Å²) in [5.41, 5.74) is 0.284. The van der Waals surface area contributed by atoms with Gasteiger partial charge in [0.25, 0.3) is 11.7 Å². The van der Waals surface area contributed by atoms with E-state index in [9.17, 15) is 39.9 Å². The Kier molecular flexibility index (Phi) is 9.67. The first-order chi connectivity index (χ1) is 26.5. The molecule has 3 aliphatic heterocycles. The van der Waals surface area contributed by atoms with Gasteiger partial charge in [-0.05, 0) is 25.0 Å². The van der Waals surface area contributed by atoms with Crippen LogP contribution in [-0.2, 0) is 16.0 Å². The van der Waals surface area contributed by atoms with Crippen LogP contribution in [0, 0.1) is 5.41 Å². The number of fused-ring (bicyclic) bond motifs is 3. The molecule has 0 aromatic heterocycles. The summed E-state index contributed by atoms with van der Waals surface area (Å²) in [5, 5.41) is 65.3. The lowest BCUT2D eigenvalue weighted by molar-refractivity contribution is -0.723. The molecule has 16 nitrogen and oxygen atoms in total. The van der Waals surface area contributed by atoms with E-state index in [4.69, 9.17) is 19.6 Å². The average molecular weight is 755 g/mol. The number of amides is 1. The van der Waals surface area contributed by atoms with Gasteiger partial charge >= 0.3 is 0 Å². The molecule has 3 aromatic rings. The number of nitrogens with zero attached hydrogens (tertiary/aromatic N) is 2. The van der Waals surface area contributed by atoms with Crippen molar-refractivity contribution in [1.29, 1.82) is 5.41 Å². The zero-order chi connectivity index (χ0) is 38.6. The third kappa shape index (κ3) is 6.34. The summed E-state index contributed by atoms with van der Waals surface area (Å²) in [6.07, 6.45) is -5.62. The molecule has 2 fully saturated rings. The molecule has 1 saturated carbocycles. The van der Waals surface area contributed by atoms with Gasteiger partial charge in [0.15, 0.2) is 29.7 Å². The molecule has 286 valence electrons. The fourth-order valence-corrected chi connectivity index (χ4v) is 8.20. The normalized spacial score (nSPS) is 27.0. The van der Waals surface area contributed by atoms with Gasteiger partial charge in [0, 0.05) is 34.2 Å². The van der Waals surface area contributed by atoms with Crippen molar-refractivity contribution in [2.24, 2.45) is 9.98 Å². The monoisotopic (exact) mass is 754 g/mol. The maximum absolute atomic E-state index is 14.2. The zero-order valence-corrected chi connectivity index (χ0v) is 29.5. The van der Waals surface area contributed by atoms with E-state index < -0.39 is 60.4 Å². The number of rotatable bonds is 9. The summed E-state index contributed by atoms with van der Waals surface area (Å²) >= 11 is 0. The van der Waals surface area contributed by atoms with E-state index in [1.54, 1.807) is 42.5 Å². The van der Waals surface area contributed by atoms with Crippen LogP contribution in [0.25, 0.3) is 0 Å². The predicted octanol–water partition coefficient (Wildman–Crippen LogP) is -0.303. The van der Waals surface area contributed by atoms with Gasteiger partial charge in [0.1, 0.15) is 36.7 Å². The third-order valence-electron chi connectivity index (χ3n) is 10.9. The van der Waals surface area contributed by atoms with Gasteiger partial charge in [-0.2, -0.15) is 4.99 Å². The summed E-state index contributed by atoms with van der Waals surface area (Å²) in [6, 6.07) is 15.0. The van der Waals surface area contributed by atoms with Gasteiger partial charge in [-0.1, -0.05) is 61.7 Å². The lowest BCUT2D eigenvalue weighted by Gasteiger charge is -2.48. The SMILES string of the molecule is N=C1N=C2C(=NC[NH+]2c2ccccc2Cc2cc3c(c(OCCO)c2O[C@H]2O[C@@H](C4(O)CCCCC4)[C@H](O)[C@@H](O)[C@@H]2O)C(=O)c2ccccc2C3=O)C(=O)N1. The Morgan fingerprint density at radius 3 is 2.35 bits per heavy atom. The van der Waals surface area contributed by atoms with E-state index >= 15 is 0 Å². The molecular formula is C39H40N5O11+. The molecule has 6 atom stereocenters. The molecule has 2 aliphatic carbocycles. The molecular weight excluding hydrogens is 714 g/mol. The fourth-order valence-electron chi connectivity index (χ4n) is 8.20. The van der Waals surface area contributed by atoms with Crippen LogP contribution in [0.15, 0.2) is 64.6 Å². The van der Waals surface area contributed by atoms with Crippen LogP contribution in [0.5, 0.6) is 11.5 Å². The average Bonchev–Trinajstić information content (AvgIpc) is 3.61. The maximum Gasteiger partial charge on any atom is 0.284 e. The first-order valence-corrected chi connectivity index (χ1v) is 18.2. The molecule has 16 heteroatoms. The molecule has 0 spiro atoms. The Morgan fingerprint density at radius 1 is 0.891 bits per heavy atom. The van der Waals surface area contributed by atoms with Crippen LogP contribution in [0.3, 0.4) is 0 Å². The topological polar surface area (TPSA) is 245 Å². The van der Waals surface area contributed by atoms with Crippen LogP contribution in [-0.4, -0.2) is 117 Å². The van der Waals surface area contributed by atoms with Crippen molar-refractivity contribution in [2.45, 2.75) is 74.8 Å². The zero-order valence-electron chi connectivity index (χ0n) is 29.5. The number of para-hydroxylation sites is 1. The van der Waals surface area contributed by atoms with Crippen LogP contribution < -0.4 is 19.7 Å². The highest BCUT2D eigenvalue weighted by Crippen LogP contribution is 2.45. The molecule has 1 saturated heterocycles. The highest BCUT2D eigenvalue weighted by molar-refractivity contribution is 6.68. The van der Waals surface area contributed by atoms with Gasteiger partial charge in [-0.25, -0.2) is 9.89 Å². The summed E-state index contributed by atoms with van der Waals surface area (Å²) < 4.78 is 18.6. The number of hydrogen-bond donors (Lipinski definition) is 8. The number of hydrogen-bond acceptors (Lipinski definition) is 13. The Balaban J connectivity index is 1.27. The molecule has 5 aliphatic rings. The number of nitrogens with one attached hydrogen (secondary N) is 3.